The second-order valence-corrected chi connectivity index (χ2v) is 9.61. The number of aliphatic hydroxyl groups is 1. The maximum atomic E-state index is 13.1. The number of ether oxygens (including phenoxy) is 3. The van der Waals surface area contributed by atoms with Gasteiger partial charge in [-0.15, -0.1) is 6.58 Å². The molecule has 2 saturated heterocycles. The SMILES string of the molecule is C=CC1(COCCCCCCCCCCCO)OCC2C(=O)N(CCCOC(=O)C(=C)C)C(=O)C21. The second kappa shape index (κ2) is 15.2. The molecule has 0 aliphatic carbocycles. The van der Waals surface area contributed by atoms with Crippen LogP contribution in [0.5, 0.6) is 0 Å². The third kappa shape index (κ3) is 8.26. The van der Waals surface area contributed by atoms with E-state index < -0.39 is 23.4 Å². The molecular weight excluding hydrogens is 450 g/mol. The molecular formula is C27H43NO7. The lowest BCUT2D eigenvalue weighted by Gasteiger charge is -2.30. The van der Waals surface area contributed by atoms with Crippen LogP contribution in [0.1, 0.15) is 71.1 Å². The minimum absolute atomic E-state index is 0.119. The van der Waals surface area contributed by atoms with Crippen LogP contribution in [0.3, 0.4) is 0 Å². The van der Waals surface area contributed by atoms with Gasteiger partial charge in [-0.3, -0.25) is 14.5 Å². The first-order valence-corrected chi connectivity index (χ1v) is 13.0. The third-order valence-electron chi connectivity index (χ3n) is 6.80. The number of esters is 1. The predicted molar refractivity (Wildman–Crippen MR) is 132 cm³/mol. The number of likely N-dealkylation sites (tertiary alicyclic amines) is 1. The zero-order valence-electron chi connectivity index (χ0n) is 21.3. The van der Waals surface area contributed by atoms with Gasteiger partial charge in [0.25, 0.3) is 0 Å². The smallest absolute Gasteiger partial charge is 0.333 e. The van der Waals surface area contributed by atoms with Crippen molar-refractivity contribution in [3.8, 4) is 0 Å². The number of carbonyl (C=O) groups is 3. The number of hydrogen-bond donors (Lipinski definition) is 1. The molecule has 3 atom stereocenters. The second-order valence-electron chi connectivity index (χ2n) is 9.61. The lowest BCUT2D eigenvalue weighted by molar-refractivity contribution is -0.145. The molecule has 0 spiro atoms. The highest BCUT2D eigenvalue weighted by molar-refractivity contribution is 6.06. The normalized spacial score (nSPS) is 23.5. The Labute approximate surface area is 209 Å². The molecule has 1 N–H and O–H groups in total. The summed E-state index contributed by atoms with van der Waals surface area (Å²) in [6.07, 6.45) is 12.0. The van der Waals surface area contributed by atoms with Crippen LogP contribution < -0.4 is 0 Å². The average molecular weight is 494 g/mol. The molecule has 3 unspecified atom stereocenters. The minimum atomic E-state index is -0.993. The summed E-state index contributed by atoms with van der Waals surface area (Å²) in [7, 11) is 0. The Balaban J connectivity index is 1.70. The van der Waals surface area contributed by atoms with Crippen molar-refractivity contribution in [2.24, 2.45) is 11.8 Å². The van der Waals surface area contributed by atoms with Gasteiger partial charge in [-0.2, -0.15) is 0 Å². The van der Waals surface area contributed by atoms with Gasteiger partial charge in [-0.25, -0.2) is 4.79 Å². The molecule has 0 aromatic carbocycles. The van der Waals surface area contributed by atoms with Crippen LogP contribution in [-0.4, -0.2) is 73.0 Å². The van der Waals surface area contributed by atoms with Gasteiger partial charge in [0.05, 0.1) is 31.7 Å². The van der Waals surface area contributed by atoms with Crippen molar-refractivity contribution in [3.05, 3.63) is 24.8 Å². The molecule has 2 heterocycles. The molecule has 8 nitrogen and oxygen atoms in total. The molecule has 8 heteroatoms. The monoisotopic (exact) mass is 493 g/mol. The molecule has 2 aliphatic heterocycles. The number of fused-ring (bicyclic) bond motifs is 1. The fraction of sp³-hybridized carbons (Fsp3) is 0.741. The summed E-state index contributed by atoms with van der Waals surface area (Å²) in [5, 5.41) is 8.79. The van der Waals surface area contributed by atoms with Gasteiger partial charge in [-0.1, -0.05) is 57.6 Å². The van der Waals surface area contributed by atoms with Gasteiger partial charge in [0, 0.05) is 25.3 Å². The highest BCUT2D eigenvalue weighted by atomic mass is 16.5. The van der Waals surface area contributed by atoms with E-state index >= 15 is 0 Å². The summed E-state index contributed by atoms with van der Waals surface area (Å²) in [6, 6.07) is 0. The molecule has 0 radical (unpaired) electrons. The van der Waals surface area contributed by atoms with E-state index in [4.69, 9.17) is 19.3 Å². The molecule has 2 aliphatic rings. The largest absolute Gasteiger partial charge is 0.462 e. The topological polar surface area (TPSA) is 102 Å². The molecule has 2 amide bonds. The minimum Gasteiger partial charge on any atom is -0.462 e. The number of carbonyl (C=O) groups excluding carboxylic acids is 3. The number of unbranched alkanes of at least 4 members (excludes halogenated alkanes) is 8. The van der Waals surface area contributed by atoms with Crippen LogP contribution in [0.2, 0.25) is 0 Å². The van der Waals surface area contributed by atoms with Gasteiger partial charge in [0.15, 0.2) is 0 Å². The summed E-state index contributed by atoms with van der Waals surface area (Å²) in [5.41, 5.74) is -0.682. The summed E-state index contributed by atoms with van der Waals surface area (Å²) < 4.78 is 16.9. The van der Waals surface area contributed by atoms with Crippen molar-refractivity contribution in [3.63, 3.8) is 0 Å². The summed E-state index contributed by atoms with van der Waals surface area (Å²) in [5.74, 6) is -2.15. The van der Waals surface area contributed by atoms with Gasteiger partial charge in [-0.05, 0) is 26.2 Å². The maximum absolute atomic E-state index is 13.1. The lowest BCUT2D eigenvalue weighted by atomic mass is 9.83. The Bertz CT molecular complexity index is 737. The van der Waals surface area contributed by atoms with Crippen LogP contribution >= 0.6 is 0 Å². The van der Waals surface area contributed by atoms with E-state index in [1.807, 2.05) is 0 Å². The highest BCUT2D eigenvalue weighted by Crippen LogP contribution is 2.44. The van der Waals surface area contributed by atoms with Crippen molar-refractivity contribution >= 4 is 17.8 Å². The number of rotatable bonds is 19. The molecule has 0 aromatic heterocycles. The van der Waals surface area contributed by atoms with Gasteiger partial charge in [0.1, 0.15) is 5.60 Å². The zero-order chi connectivity index (χ0) is 25.7. The fourth-order valence-corrected chi connectivity index (χ4v) is 4.74. The van der Waals surface area contributed by atoms with Crippen LogP contribution in [0.25, 0.3) is 0 Å². The van der Waals surface area contributed by atoms with E-state index in [1.54, 1.807) is 13.0 Å². The maximum Gasteiger partial charge on any atom is 0.333 e. The summed E-state index contributed by atoms with van der Waals surface area (Å²) >= 11 is 0. The van der Waals surface area contributed by atoms with Gasteiger partial charge < -0.3 is 19.3 Å². The lowest BCUT2D eigenvalue weighted by Crippen LogP contribution is -2.44. The van der Waals surface area contributed by atoms with E-state index in [-0.39, 0.29) is 44.8 Å². The number of hydrogen-bond acceptors (Lipinski definition) is 7. The average Bonchev–Trinajstić information content (AvgIpc) is 3.34. The number of nitrogens with zero attached hydrogens (tertiary/aromatic N) is 1. The molecule has 0 saturated carbocycles. The van der Waals surface area contributed by atoms with Crippen LogP contribution in [-0.2, 0) is 28.6 Å². The third-order valence-corrected chi connectivity index (χ3v) is 6.80. The molecule has 0 bridgehead atoms. The molecule has 35 heavy (non-hydrogen) atoms. The van der Waals surface area contributed by atoms with Crippen molar-refractivity contribution in [1.29, 1.82) is 0 Å². The van der Waals surface area contributed by atoms with Crippen molar-refractivity contribution < 1.29 is 33.7 Å². The van der Waals surface area contributed by atoms with Crippen molar-refractivity contribution in [1.82, 2.24) is 4.90 Å². The van der Waals surface area contributed by atoms with E-state index in [2.05, 4.69) is 13.2 Å². The Kier molecular flexibility index (Phi) is 12.7. The number of imide groups is 1. The summed E-state index contributed by atoms with van der Waals surface area (Å²) in [4.78, 5) is 38.7. The number of amides is 2. The molecule has 198 valence electrons. The van der Waals surface area contributed by atoms with Crippen LogP contribution in [0.4, 0.5) is 0 Å². The molecule has 2 fully saturated rings. The standard InChI is InChI=1S/C27H43NO7/c1-4-27(20-33-17-13-11-9-7-5-6-8-10-12-16-29)23-22(19-35-27)24(30)28(25(23)31)15-14-18-34-26(32)21(2)3/h4,22-23,29H,1-2,5-20H2,3H3. The zero-order valence-corrected chi connectivity index (χ0v) is 21.3. The Morgan fingerprint density at radius 1 is 1.06 bits per heavy atom. The highest BCUT2D eigenvalue weighted by Gasteiger charge is 2.61. The van der Waals surface area contributed by atoms with E-state index in [1.165, 1.54) is 37.0 Å². The quantitative estimate of drug-likeness (QED) is 0.0965. The Morgan fingerprint density at radius 2 is 1.69 bits per heavy atom. The van der Waals surface area contributed by atoms with Gasteiger partial charge >= 0.3 is 5.97 Å². The first-order valence-electron chi connectivity index (χ1n) is 13.0. The van der Waals surface area contributed by atoms with E-state index in [9.17, 15) is 14.4 Å². The van der Waals surface area contributed by atoms with Crippen molar-refractivity contribution in [2.45, 2.75) is 76.7 Å². The van der Waals surface area contributed by atoms with Crippen LogP contribution in [0, 0.1) is 11.8 Å². The predicted octanol–water partition coefficient (Wildman–Crippen LogP) is 3.57. The van der Waals surface area contributed by atoms with E-state index in [0.717, 1.165) is 25.7 Å². The Morgan fingerprint density at radius 3 is 2.29 bits per heavy atom. The molecule has 2 rings (SSSR count). The van der Waals surface area contributed by atoms with Crippen molar-refractivity contribution in [2.75, 3.05) is 39.6 Å². The fourth-order valence-electron chi connectivity index (χ4n) is 4.74. The first-order chi connectivity index (χ1) is 16.9. The molecule has 0 aromatic rings. The first kappa shape index (κ1) is 29.2. The summed E-state index contributed by atoms with van der Waals surface area (Å²) in [6.45, 7) is 10.5. The van der Waals surface area contributed by atoms with Gasteiger partial charge in [0.2, 0.25) is 11.8 Å². The number of aliphatic hydroxyl groups excluding tert-OH is 1. The van der Waals surface area contributed by atoms with Crippen LogP contribution in [0.15, 0.2) is 24.8 Å². The van der Waals surface area contributed by atoms with E-state index in [0.29, 0.717) is 18.6 Å². The Hall–Kier alpha value is -2.03.